The molecule has 0 unspecified atom stereocenters. The number of piperidine rings is 1. The van der Waals surface area contributed by atoms with Gasteiger partial charge in [0, 0.05) is 37.8 Å². The molecule has 0 spiro atoms. The van der Waals surface area contributed by atoms with Crippen LogP contribution >= 0.6 is 0 Å². The Balaban J connectivity index is 0.000000369. The number of aromatic nitrogens is 2. The zero-order chi connectivity index (χ0) is 27.8. The first-order valence-electron chi connectivity index (χ1n) is 12.3. The van der Waals surface area contributed by atoms with Crippen LogP contribution in [0, 0.1) is 24.1 Å². The van der Waals surface area contributed by atoms with Crippen molar-refractivity contribution in [1.29, 1.82) is 5.41 Å². The van der Waals surface area contributed by atoms with Crippen LogP contribution in [-0.2, 0) is 13.0 Å². The highest BCUT2D eigenvalue weighted by Crippen LogP contribution is 2.25. The third-order valence-corrected chi connectivity index (χ3v) is 6.00. The summed E-state index contributed by atoms with van der Waals surface area (Å²) in [4.78, 5) is 17.7. The van der Waals surface area contributed by atoms with E-state index in [1.165, 1.54) is 71.0 Å². The molecule has 37 heavy (non-hydrogen) atoms. The number of aryl methyl sites for hydroxylation is 2. The lowest BCUT2D eigenvalue weighted by atomic mass is 9.97. The number of hydrogen-bond acceptors (Lipinski definition) is 7. The Morgan fingerprint density at radius 1 is 1.38 bits per heavy atom. The summed E-state index contributed by atoms with van der Waals surface area (Å²) in [5, 5.41) is 14.1. The van der Waals surface area contributed by atoms with Crippen molar-refractivity contribution in [2.45, 2.75) is 39.2 Å². The number of amides is 1. The number of carbonyl (C=O) groups excluding carboxylic acids is 1. The molecule has 1 saturated heterocycles. The van der Waals surface area contributed by atoms with E-state index in [0.29, 0.717) is 29.5 Å². The number of nitrogens with two attached hydrogens (primary N) is 1. The number of carbonyl (C=O) groups is 1. The second kappa shape index (κ2) is 17.1. The van der Waals surface area contributed by atoms with Gasteiger partial charge in [0.25, 0.3) is 5.91 Å². The predicted octanol–water partition coefficient (Wildman–Crippen LogP) is 3.47. The highest BCUT2D eigenvalue weighted by molar-refractivity contribution is 5.94. The first-order valence-corrected chi connectivity index (χ1v) is 12.3. The SMILES string of the molecule is C=N/C=C(\C=N)CCc1cc(C(=O)NC)cc(OC)c1F.CN.Cc1cnn(CC2CCN(C)CC2)c1. The fourth-order valence-corrected chi connectivity index (χ4v) is 3.91. The van der Waals surface area contributed by atoms with Crippen molar-refractivity contribution in [3.05, 3.63) is 58.8 Å². The van der Waals surface area contributed by atoms with Gasteiger partial charge in [0.05, 0.1) is 13.3 Å². The molecule has 3 rings (SSSR count). The maximum absolute atomic E-state index is 14.2. The first-order chi connectivity index (χ1) is 17.8. The molecule has 1 aromatic carbocycles. The summed E-state index contributed by atoms with van der Waals surface area (Å²) in [7, 11) is 6.55. The second-order valence-corrected chi connectivity index (χ2v) is 8.75. The zero-order valence-electron chi connectivity index (χ0n) is 22.8. The lowest BCUT2D eigenvalue weighted by Crippen LogP contribution is -2.31. The van der Waals surface area contributed by atoms with Crippen molar-refractivity contribution in [3.8, 4) is 5.75 Å². The molecular weight excluding hydrogens is 473 g/mol. The molecule has 0 radical (unpaired) electrons. The zero-order valence-corrected chi connectivity index (χ0v) is 22.8. The molecule has 0 bridgehead atoms. The molecule has 0 aliphatic carbocycles. The van der Waals surface area contributed by atoms with E-state index in [2.05, 4.69) is 57.6 Å². The summed E-state index contributed by atoms with van der Waals surface area (Å²) >= 11 is 0. The summed E-state index contributed by atoms with van der Waals surface area (Å²) in [6.45, 7) is 9.00. The average molecular weight is 516 g/mol. The molecule has 204 valence electrons. The molecule has 0 saturated carbocycles. The molecule has 10 heteroatoms. The highest BCUT2D eigenvalue weighted by Gasteiger charge is 2.17. The van der Waals surface area contributed by atoms with Crippen molar-refractivity contribution in [1.82, 2.24) is 20.0 Å². The summed E-state index contributed by atoms with van der Waals surface area (Å²) in [6, 6.07) is 2.84. The average Bonchev–Trinajstić information content (AvgIpc) is 3.33. The van der Waals surface area contributed by atoms with Crippen LogP contribution in [0.15, 0.2) is 41.3 Å². The van der Waals surface area contributed by atoms with E-state index in [4.69, 9.17) is 10.1 Å². The van der Waals surface area contributed by atoms with Gasteiger partial charge >= 0.3 is 0 Å². The van der Waals surface area contributed by atoms with E-state index in [-0.39, 0.29) is 11.7 Å². The van der Waals surface area contributed by atoms with Crippen LogP contribution in [0.4, 0.5) is 4.39 Å². The number of benzene rings is 1. The Hall–Kier alpha value is -3.37. The summed E-state index contributed by atoms with van der Waals surface area (Å²) in [5.74, 6) is 0.0324. The molecule has 4 N–H and O–H groups in total. The van der Waals surface area contributed by atoms with Gasteiger partial charge in [0.2, 0.25) is 0 Å². The van der Waals surface area contributed by atoms with E-state index in [1.807, 2.05) is 6.20 Å². The lowest BCUT2D eigenvalue weighted by Gasteiger charge is -2.28. The first kappa shape index (κ1) is 31.7. The van der Waals surface area contributed by atoms with Gasteiger partial charge in [0.1, 0.15) is 0 Å². The van der Waals surface area contributed by atoms with Crippen molar-refractivity contribution >= 4 is 18.8 Å². The molecule has 2 heterocycles. The molecule has 0 atom stereocenters. The number of ether oxygens (including phenoxy) is 1. The number of likely N-dealkylation sites (tertiary alicyclic amines) is 1. The third-order valence-electron chi connectivity index (χ3n) is 6.00. The molecule has 1 aromatic heterocycles. The number of methoxy groups -OCH3 is 1. The number of nitrogens with one attached hydrogen (secondary N) is 2. The van der Waals surface area contributed by atoms with Gasteiger partial charge in [-0.05, 0) is 101 Å². The normalized spacial score (nSPS) is 14.0. The molecule has 2 aromatic rings. The van der Waals surface area contributed by atoms with Crippen molar-refractivity contribution in [3.63, 3.8) is 0 Å². The van der Waals surface area contributed by atoms with E-state index in [9.17, 15) is 9.18 Å². The minimum absolute atomic E-state index is 0.0216. The monoisotopic (exact) mass is 515 g/mol. The molecule has 1 fully saturated rings. The largest absolute Gasteiger partial charge is 0.494 e. The fraction of sp³-hybridized carbons (Fsp3) is 0.481. The smallest absolute Gasteiger partial charge is 0.251 e. The topological polar surface area (TPSA) is 122 Å². The van der Waals surface area contributed by atoms with Gasteiger partial charge in [-0.15, -0.1) is 0 Å². The summed E-state index contributed by atoms with van der Waals surface area (Å²) in [5.41, 5.74) is 7.06. The van der Waals surface area contributed by atoms with Gasteiger partial charge < -0.3 is 26.1 Å². The second-order valence-electron chi connectivity index (χ2n) is 8.75. The van der Waals surface area contributed by atoms with Crippen molar-refractivity contribution in [2.75, 3.05) is 41.3 Å². The van der Waals surface area contributed by atoms with Crippen LogP contribution in [0.2, 0.25) is 0 Å². The van der Waals surface area contributed by atoms with Crippen LogP contribution < -0.4 is 15.8 Å². The minimum Gasteiger partial charge on any atom is -0.494 e. The van der Waals surface area contributed by atoms with Gasteiger partial charge in [-0.25, -0.2) is 4.39 Å². The van der Waals surface area contributed by atoms with Gasteiger partial charge in [-0.2, -0.15) is 5.10 Å². The van der Waals surface area contributed by atoms with E-state index < -0.39 is 5.82 Å². The summed E-state index contributed by atoms with van der Waals surface area (Å²) in [6.07, 6.45) is 10.0. The number of nitrogens with zero attached hydrogens (tertiary/aromatic N) is 4. The van der Waals surface area contributed by atoms with Crippen LogP contribution in [0.25, 0.3) is 0 Å². The molecule has 1 aliphatic heterocycles. The van der Waals surface area contributed by atoms with Gasteiger partial charge in [-0.3, -0.25) is 14.5 Å². The molecule has 9 nitrogen and oxygen atoms in total. The summed E-state index contributed by atoms with van der Waals surface area (Å²) < 4.78 is 21.2. The molecular formula is C27H42FN7O2. The number of rotatable bonds is 9. The standard InChI is InChI=1S/C15H18FN3O2.C11H19N3.CH5N/c1-18-9-10(8-17)4-5-11-6-12(15(20)19-2)7-13(21-3)14(11)16;1-10-7-12-14(8-10)9-11-3-5-13(2)6-4-11;1-2/h6-9,17H,1,4-5H2,2-3H3,(H,19,20);7-8,11H,3-6,9H2,1-2H3;2H2,1H3/b10-9-,17-8?;;. The predicted molar refractivity (Wildman–Crippen MR) is 148 cm³/mol. The Kier molecular flexibility index (Phi) is 14.7. The fourth-order valence-electron chi connectivity index (χ4n) is 3.91. The van der Waals surface area contributed by atoms with Crippen LogP contribution in [0.1, 0.15) is 40.7 Å². The number of allylic oxidation sites excluding steroid dienone is 1. The Morgan fingerprint density at radius 3 is 2.57 bits per heavy atom. The Labute approximate surface area is 220 Å². The minimum atomic E-state index is -0.499. The van der Waals surface area contributed by atoms with E-state index in [1.54, 1.807) is 0 Å². The Morgan fingerprint density at radius 2 is 2.05 bits per heavy atom. The maximum Gasteiger partial charge on any atom is 0.251 e. The van der Waals surface area contributed by atoms with E-state index in [0.717, 1.165) is 18.7 Å². The van der Waals surface area contributed by atoms with E-state index >= 15 is 0 Å². The quantitative estimate of drug-likeness (QED) is 0.442. The van der Waals surface area contributed by atoms with Gasteiger partial charge in [-0.1, -0.05) is 0 Å². The lowest BCUT2D eigenvalue weighted by molar-refractivity contribution is 0.0962. The highest BCUT2D eigenvalue weighted by atomic mass is 19.1. The van der Waals surface area contributed by atoms with Crippen molar-refractivity contribution in [2.24, 2.45) is 16.6 Å². The number of halogens is 1. The van der Waals surface area contributed by atoms with Crippen LogP contribution in [-0.4, -0.2) is 74.9 Å². The molecule has 1 amide bonds. The van der Waals surface area contributed by atoms with Crippen molar-refractivity contribution < 1.29 is 13.9 Å². The maximum atomic E-state index is 14.2. The van der Waals surface area contributed by atoms with Gasteiger partial charge in [0.15, 0.2) is 11.6 Å². The molecule has 1 aliphatic rings. The van der Waals surface area contributed by atoms with Crippen LogP contribution in [0.3, 0.4) is 0 Å². The third kappa shape index (κ3) is 10.6. The number of hydrogen-bond donors (Lipinski definition) is 3. The van der Waals surface area contributed by atoms with Crippen LogP contribution in [0.5, 0.6) is 5.75 Å². The Bertz CT molecular complexity index is 1030. The number of aliphatic imine (C=N–C) groups is 1.